The van der Waals surface area contributed by atoms with Crippen molar-refractivity contribution >= 4 is 79.1 Å². The lowest BCUT2D eigenvalue weighted by atomic mass is 10.1. The molecule has 35 heavy (non-hydrogen) atoms. The summed E-state index contributed by atoms with van der Waals surface area (Å²) in [6, 6.07) is 17.0. The average molecular weight is 574 g/mol. The van der Waals surface area contributed by atoms with Gasteiger partial charge in [0.25, 0.3) is 5.91 Å². The highest BCUT2D eigenvalue weighted by Gasteiger charge is 2.22. The van der Waals surface area contributed by atoms with Crippen LogP contribution in [0, 0.1) is 13.8 Å². The summed E-state index contributed by atoms with van der Waals surface area (Å²) in [5, 5.41) is 6.65. The minimum atomic E-state index is -0.936. The summed E-state index contributed by atoms with van der Waals surface area (Å²) >= 11 is 15.4. The Morgan fingerprint density at radius 2 is 1.60 bits per heavy atom. The summed E-state index contributed by atoms with van der Waals surface area (Å²) in [5.74, 6) is -2.33. The van der Waals surface area contributed by atoms with Crippen molar-refractivity contribution in [2.75, 3.05) is 16.1 Å². The first-order valence-electron chi connectivity index (χ1n) is 10.4. The molecular formula is C25H19BrCl2N4O3. The molecule has 3 aromatic carbocycles. The number of hydrogen-bond acceptors (Lipinski definition) is 3. The number of aryl methyl sites for hydroxylation is 2. The summed E-state index contributed by atoms with van der Waals surface area (Å²) in [5.41, 5.74) is 5.97. The molecule has 3 N–H and O–H groups in total. The molecule has 0 aliphatic heterocycles. The van der Waals surface area contributed by atoms with Crippen LogP contribution in [0.5, 0.6) is 0 Å². The summed E-state index contributed by atoms with van der Waals surface area (Å²) in [6.07, 6.45) is 0. The SMILES string of the molecule is Cc1ccc(NC(=O)C(=O)Nn2c(C(=O)Nc3ccc(Cl)c(Cl)c3)cc3cc(Br)ccc32)c(C)c1. The van der Waals surface area contributed by atoms with E-state index in [2.05, 4.69) is 32.0 Å². The van der Waals surface area contributed by atoms with E-state index >= 15 is 0 Å². The number of anilines is 2. The normalized spacial score (nSPS) is 10.8. The number of amides is 3. The van der Waals surface area contributed by atoms with Gasteiger partial charge < -0.3 is 10.6 Å². The van der Waals surface area contributed by atoms with Crippen molar-refractivity contribution in [3.05, 3.63) is 92.0 Å². The van der Waals surface area contributed by atoms with Gasteiger partial charge in [-0.1, -0.05) is 56.8 Å². The monoisotopic (exact) mass is 572 g/mol. The molecule has 0 aliphatic carbocycles. The van der Waals surface area contributed by atoms with Crippen LogP contribution in [0.2, 0.25) is 10.0 Å². The van der Waals surface area contributed by atoms with Crippen molar-refractivity contribution < 1.29 is 14.4 Å². The number of fused-ring (bicyclic) bond motifs is 1. The molecule has 10 heteroatoms. The number of carbonyl (C=O) groups excluding carboxylic acids is 3. The van der Waals surface area contributed by atoms with Crippen molar-refractivity contribution in [2.24, 2.45) is 0 Å². The van der Waals surface area contributed by atoms with Gasteiger partial charge in [0, 0.05) is 21.2 Å². The highest BCUT2D eigenvalue weighted by atomic mass is 79.9. The van der Waals surface area contributed by atoms with Crippen LogP contribution in [-0.4, -0.2) is 22.4 Å². The summed E-state index contributed by atoms with van der Waals surface area (Å²) in [7, 11) is 0. The fraction of sp³-hybridized carbons (Fsp3) is 0.0800. The van der Waals surface area contributed by atoms with E-state index in [1.54, 1.807) is 42.5 Å². The zero-order chi connectivity index (χ0) is 25.3. The average Bonchev–Trinajstić information content (AvgIpc) is 3.15. The van der Waals surface area contributed by atoms with Gasteiger partial charge in [-0.25, -0.2) is 4.68 Å². The predicted octanol–water partition coefficient (Wildman–Crippen LogP) is 6.29. The maximum atomic E-state index is 13.1. The van der Waals surface area contributed by atoms with Gasteiger partial charge in [0.15, 0.2) is 0 Å². The number of rotatable bonds is 4. The standard InChI is InChI=1S/C25H19BrCl2N4O3/c1-13-3-7-20(14(2)9-13)30-24(34)25(35)31-32-21-8-4-16(26)10-15(21)11-22(32)23(33)29-17-5-6-18(27)19(28)12-17/h3-12H,1-2H3,(H,29,33)(H,30,34)(H,31,35). The molecule has 0 saturated heterocycles. The van der Waals surface area contributed by atoms with Crippen LogP contribution in [0.25, 0.3) is 10.9 Å². The van der Waals surface area contributed by atoms with E-state index in [1.165, 1.54) is 10.7 Å². The number of aromatic nitrogens is 1. The second-order valence-electron chi connectivity index (χ2n) is 7.86. The molecule has 4 aromatic rings. The van der Waals surface area contributed by atoms with Crippen LogP contribution in [0.4, 0.5) is 11.4 Å². The van der Waals surface area contributed by atoms with Gasteiger partial charge in [-0.3, -0.25) is 19.8 Å². The van der Waals surface area contributed by atoms with Crippen LogP contribution in [0.1, 0.15) is 21.6 Å². The molecule has 0 saturated carbocycles. The van der Waals surface area contributed by atoms with Crippen LogP contribution in [0.3, 0.4) is 0 Å². The van der Waals surface area contributed by atoms with Crippen LogP contribution in [-0.2, 0) is 9.59 Å². The minimum Gasteiger partial charge on any atom is -0.321 e. The highest BCUT2D eigenvalue weighted by Crippen LogP contribution is 2.27. The largest absolute Gasteiger partial charge is 0.328 e. The maximum Gasteiger partial charge on any atom is 0.328 e. The number of nitrogens with one attached hydrogen (secondary N) is 3. The van der Waals surface area contributed by atoms with E-state index in [0.29, 0.717) is 27.3 Å². The molecule has 1 heterocycles. The molecular weight excluding hydrogens is 555 g/mol. The molecule has 1 aromatic heterocycles. The summed E-state index contributed by atoms with van der Waals surface area (Å²) < 4.78 is 2.07. The Bertz CT molecular complexity index is 1500. The van der Waals surface area contributed by atoms with E-state index in [4.69, 9.17) is 23.2 Å². The van der Waals surface area contributed by atoms with Gasteiger partial charge in [0.2, 0.25) is 0 Å². The smallest absolute Gasteiger partial charge is 0.321 e. The Morgan fingerprint density at radius 1 is 0.829 bits per heavy atom. The van der Waals surface area contributed by atoms with Crippen LogP contribution in [0.15, 0.2) is 65.1 Å². The lowest BCUT2D eigenvalue weighted by Crippen LogP contribution is -2.36. The highest BCUT2D eigenvalue weighted by molar-refractivity contribution is 9.10. The fourth-order valence-corrected chi connectivity index (χ4v) is 4.20. The zero-order valence-corrected chi connectivity index (χ0v) is 21.7. The van der Waals surface area contributed by atoms with Crippen molar-refractivity contribution in [1.82, 2.24) is 4.68 Å². The summed E-state index contributed by atoms with van der Waals surface area (Å²) in [6.45, 7) is 3.77. The third kappa shape index (κ3) is 5.51. The molecule has 0 atom stereocenters. The maximum absolute atomic E-state index is 13.1. The first-order valence-corrected chi connectivity index (χ1v) is 11.9. The van der Waals surface area contributed by atoms with E-state index in [1.807, 2.05) is 26.0 Å². The third-order valence-corrected chi connectivity index (χ3v) is 6.46. The number of carbonyl (C=O) groups is 3. The Kier molecular flexibility index (Phi) is 7.16. The van der Waals surface area contributed by atoms with Crippen LogP contribution >= 0.6 is 39.1 Å². The second kappa shape index (κ2) is 10.1. The Hall–Kier alpha value is -3.33. The quantitative estimate of drug-likeness (QED) is 0.251. The Morgan fingerprint density at radius 3 is 2.31 bits per heavy atom. The van der Waals surface area contributed by atoms with Crippen molar-refractivity contribution in [3.63, 3.8) is 0 Å². The first-order chi connectivity index (χ1) is 16.6. The minimum absolute atomic E-state index is 0.108. The molecule has 0 aliphatic rings. The third-order valence-electron chi connectivity index (χ3n) is 5.22. The van der Waals surface area contributed by atoms with Gasteiger partial charge >= 0.3 is 11.8 Å². The molecule has 0 spiro atoms. The summed E-state index contributed by atoms with van der Waals surface area (Å²) in [4.78, 5) is 38.6. The van der Waals surface area contributed by atoms with E-state index in [9.17, 15) is 14.4 Å². The molecule has 0 bridgehead atoms. The molecule has 0 fully saturated rings. The van der Waals surface area contributed by atoms with Gasteiger partial charge in [0.05, 0.1) is 15.6 Å². The van der Waals surface area contributed by atoms with Gasteiger partial charge in [-0.2, -0.15) is 0 Å². The number of nitrogens with zero attached hydrogens (tertiary/aromatic N) is 1. The molecule has 3 amide bonds. The van der Waals surface area contributed by atoms with Crippen molar-refractivity contribution in [1.29, 1.82) is 0 Å². The van der Waals surface area contributed by atoms with E-state index in [0.717, 1.165) is 15.6 Å². The molecule has 178 valence electrons. The molecule has 7 nitrogen and oxygen atoms in total. The number of hydrogen-bond donors (Lipinski definition) is 3. The van der Waals surface area contributed by atoms with Crippen molar-refractivity contribution in [2.45, 2.75) is 13.8 Å². The molecule has 0 radical (unpaired) electrons. The molecule has 0 unspecified atom stereocenters. The molecule has 4 rings (SSSR count). The van der Waals surface area contributed by atoms with Gasteiger partial charge in [-0.15, -0.1) is 0 Å². The zero-order valence-electron chi connectivity index (χ0n) is 18.6. The van der Waals surface area contributed by atoms with Gasteiger partial charge in [0.1, 0.15) is 5.69 Å². The fourth-order valence-electron chi connectivity index (χ4n) is 3.53. The lowest BCUT2D eigenvalue weighted by molar-refractivity contribution is -0.133. The topological polar surface area (TPSA) is 92.2 Å². The van der Waals surface area contributed by atoms with E-state index < -0.39 is 17.7 Å². The Balaban J connectivity index is 1.63. The van der Waals surface area contributed by atoms with Crippen molar-refractivity contribution in [3.8, 4) is 0 Å². The van der Waals surface area contributed by atoms with Crippen LogP contribution < -0.4 is 16.1 Å². The Labute approximate surface area is 219 Å². The van der Waals surface area contributed by atoms with E-state index in [-0.39, 0.29) is 10.7 Å². The number of benzene rings is 3. The predicted molar refractivity (Wildman–Crippen MR) is 143 cm³/mol. The van der Waals surface area contributed by atoms with Gasteiger partial charge in [-0.05, 0) is 67.9 Å². The second-order valence-corrected chi connectivity index (χ2v) is 9.59. The first kappa shape index (κ1) is 24.8. The number of halogens is 3. The lowest BCUT2D eigenvalue weighted by Gasteiger charge is -2.14.